The molecule has 0 fully saturated rings. The van der Waals surface area contributed by atoms with Gasteiger partial charge in [-0.1, -0.05) is 0 Å². The van der Waals surface area contributed by atoms with Gasteiger partial charge in [0.1, 0.15) is 0 Å². The molecule has 0 aromatic carbocycles. The van der Waals surface area contributed by atoms with Crippen LogP contribution in [0.5, 0.6) is 0 Å². The first-order valence-corrected chi connectivity index (χ1v) is 11.8. The number of hydrogen-bond acceptors (Lipinski definition) is 1. The maximum atomic E-state index is 9.83. The standard InChI is InChI=1S/C2H7AsO2.C2H7As/c1-3(2,4)5;1-3-2/h1-2H3,(H,4,5);3H,1-2H3. The van der Waals surface area contributed by atoms with Crippen molar-refractivity contribution in [1.29, 1.82) is 0 Å². The molecule has 0 saturated carbocycles. The Morgan fingerprint density at radius 3 is 1.38 bits per heavy atom. The Bertz CT molecular complexity index is 67.8. The van der Waals surface area contributed by atoms with Crippen LogP contribution in [0.25, 0.3) is 0 Å². The van der Waals surface area contributed by atoms with Gasteiger partial charge in [0.2, 0.25) is 0 Å². The SMILES string of the molecule is C[AsH]C.C[As](C)(=O)O. The van der Waals surface area contributed by atoms with Crippen molar-refractivity contribution in [3.8, 4) is 0 Å². The summed E-state index contributed by atoms with van der Waals surface area (Å²) in [7, 11) is 0. The molecule has 2 nitrogen and oxygen atoms in total. The second-order valence-electron chi connectivity index (χ2n) is 1.79. The molecule has 1 N–H and O–H groups in total. The second kappa shape index (κ2) is 6.00. The Hall–Kier alpha value is 0.877. The molecule has 0 saturated heterocycles. The Kier molecular flexibility index (Phi) is 8.74. The molecule has 0 bridgehead atoms. The molecule has 0 aromatic heterocycles. The molecule has 0 spiro atoms. The summed E-state index contributed by atoms with van der Waals surface area (Å²) in [6, 6.07) is 0. The van der Waals surface area contributed by atoms with Crippen LogP contribution in [0.15, 0.2) is 0 Å². The van der Waals surface area contributed by atoms with Gasteiger partial charge >= 0.3 is 60.3 Å². The zero-order chi connectivity index (χ0) is 7.21. The van der Waals surface area contributed by atoms with Crippen LogP contribution in [0.1, 0.15) is 0 Å². The Balaban J connectivity index is 0. The summed E-state index contributed by atoms with van der Waals surface area (Å²) in [4.78, 5) is 0. The Morgan fingerprint density at radius 1 is 1.38 bits per heavy atom. The summed E-state index contributed by atoms with van der Waals surface area (Å²) in [5.41, 5.74) is 7.22. The predicted octanol–water partition coefficient (Wildman–Crippen LogP) is 0.630. The zero-order valence-electron chi connectivity index (χ0n) is 5.80. The van der Waals surface area contributed by atoms with Crippen LogP contribution in [0.2, 0.25) is 22.8 Å². The zero-order valence-corrected chi connectivity index (χ0v) is 9.78. The quantitative estimate of drug-likeness (QED) is 0.634. The fourth-order valence-electron chi connectivity index (χ4n) is 0. The molecule has 0 amide bonds. The fraction of sp³-hybridized carbons (Fsp3) is 1.00. The first-order chi connectivity index (χ1) is 3.41. The minimum atomic E-state index is -3.12. The molecule has 0 aliphatic carbocycles. The van der Waals surface area contributed by atoms with Gasteiger partial charge in [0.15, 0.2) is 0 Å². The average Bonchev–Trinajstić information content (AvgIpc) is 1.27. The van der Waals surface area contributed by atoms with E-state index < -0.39 is 13.8 Å². The summed E-state index contributed by atoms with van der Waals surface area (Å²) >= 11 is -2.62. The van der Waals surface area contributed by atoms with Crippen molar-refractivity contribution in [2.45, 2.75) is 22.8 Å². The molecular formula is C4H14As2O2. The van der Waals surface area contributed by atoms with Crippen LogP contribution in [-0.2, 0) is 3.74 Å². The van der Waals surface area contributed by atoms with Gasteiger partial charge in [-0.15, -0.1) is 0 Å². The van der Waals surface area contributed by atoms with Crippen molar-refractivity contribution in [2.24, 2.45) is 0 Å². The van der Waals surface area contributed by atoms with Crippen molar-refractivity contribution in [3.63, 3.8) is 0 Å². The molecule has 0 rings (SSSR count). The molecule has 0 aliphatic rings. The van der Waals surface area contributed by atoms with Gasteiger partial charge in [-0.3, -0.25) is 0 Å². The second-order valence-corrected chi connectivity index (χ2v) is 9.32. The van der Waals surface area contributed by atoms with Crippen LogP contribution in [0.4, 0.5) is 0 Å². The summed E-state index contributed by atoms with van der Waals surface area (Å²) in [6.07, 6.45) is 0. The molecule has 0 aromatic rings. The van der Waals surface area contributed by atoms with E-state index in [-0.39, 0.29) is 0 Å². The molecule has 0 atom stereocenters. The van der Waals surface area contributed by atoms with E-state index in [4.69, 9.17) is 4.10 Å². The average molecular weight is 244 g/mol. The van der Waals surface area contributed by atoms with Gasteiger partial charge in [0.25, 0.3) is 0 Å². The van der Waals surface area contributed by atoms with Gasteiger partial charge in [0, 0.05) is 0 Å². The van der Waals surface area contributed by atoms with Crippen LogP contribution in [0.3, 0.4) is 0 Å². The Morgan fingerprint density at radius 2 is 1.38 bits per heavy atom. The topological polar surface area (TPSA) is 37.3 Å². The molecule has 0 unspecified atom stereocenters. The van der Waals surface area contributed by atoms with E-state index in [1.807, 2.05) is 0 Å². The third-order valence-corrected chi connectivity index (χ3v) is 0. The molecule has 52 valence electrons. The van der Waals surface area contributed by atoms with Crippen LogP contribution in [-0.4, -0.2) is 33.7 Å². The third kappa shape index (κ3) is 309. The van der Waals surface area contributed by atoms with E-state index in [1.165, 1.54) is 11.4 Å². The molecule has 0 heterocycles. The van der Waals surface area contributed by atoms with Gasteiger partial charge in [-0.05, 0) is 0 Å². The normalized spacial score (nSPS) is 9.62. The van der Waals surface area contributed by atoms with E-state index >= 15 is 0 Å². The predicted molar refractivity (Wildman–Crippen MR) is 39.3 cm³/mol. The fourth-order valence-corrected chi connectivity index (χ4v) is 0. The van der Waals surface area contributed by atoms with Crippen molar-refractivity contribution in [3.05, 3.63) is 0 Å². The Labute approximate surface area is 60.4 Å². The van der Waals surface area contributed by atoms with E-state index in [1.54, 1.807) is 0 Å². The first kappa shape index (κ1) is 11.6. The van der Waals surface area contributed by atoms with Crippen molar-refractivity contribution in [1.82, 2.24) is 0 Å². The summed E-state index contributed by atoms with van der Waals surface area (Å²) in [6.45, 7) is 0. The monoisotopic (exact) mass is 244 g/mol. The van der Waals surface area contributed by atoms with Crippen LogP contribution < -0.4 is 0 Å². The van der Waals surface area contributed by atoms with Crippen LogP contribution >= 0.6 is 0 Å². The number of rotatable bonds is 0. The summed E-state index contributed by atoms with van der Waals surface area (Å²) in [5, 5.41) is 0. The van der Waals surface area contributed by atoms with Crippen molar-refractivity contribution >= 4 is 29.6 Å². The van der Waals surface area contributed by atoms with Crippen molar-refractivity contribution < 1.29 is 7.84 Å². The van der Waals surface area contributed by atoms with Gasteiger partial charge in [-0.2, -0.15) is 0 Å². The first-order valence-electron chi connectivity index (χ1n) is 2.28. The molecule has 8 heavy (non-hydrogen) atoms. The van der Waals surface area contributed by atoms with E-state index in [0.29, 0.717) is 15.8 Å². The molecule has 0 aliphatic heterocycles. The summed E-state index contributed by atoms with van der Waals surface area (Å²) < 4.78 is 18.0. The van der Waals surface area contributed by atoms with E-state index in [2.05, 4.69) is 11.4 Å². The number of hydrogen-bond donors (Lipinski definition) is 1. The molecular weight excluding hydrogens is 230 g/mol. The maximum absolute atomic E-state index is 9.83. The summed E-state index contributed by atoms with van der Waals surface area (Å²) in [5.74, 6) is 0. The van der Waals surface area contributed by atoms with Gasteiger partial charge < -0.3 is 0 Å². The molecule has 4 heteroatoms. The molecule has 0 radical (unpaired) electrons. The third-order valence-electron chi connectivity index (χ3n) is 0. The minimum absolute atomic E-state index is 0.500. The van der Waals surface area contributed by atoms with E-state index in [0.717, 1.165) is 0 Å². The van der Waals surface area contributed by atoms with E-state index in [9.17, 15) is 3.74 Å². The van der Waals surface area contributed by atoms with Crippen molar-refractivity contribution in [2.75, 3.05) is 0 Å². The van der Waals surface area contributed by atoms with Gasteiger partial charge in [0.05, 0.1) is 0 Å². The van der Waals surface area contributed by atoms with Crippen LogP contribution in [0, 0.1) is 0 Å². The van der Waals surface area contributed by atoms with Gasteiger partial charge in [-0.25, -0.2) is 0 Å².